The topological polar surface area (TPSA) is 46.3 Å². The average molecular weight is 210 g/mol. The number of thiophene rings is 1. The van der Waals surface area contributed by atoms with Crippen LogP contribution in [0.5, 0.6) is 0 Å². The molecule has 1 aromatic heterocycles. The molecule has 1 aromatic rings. The van der Waals surface area contributed by atoms with Gasteiger partial charge >= 0.3 is 0 Å². The molecule has 1 fully saturated rings. The van der Waals surface area contributed by atoms with Gasteiger partial charge in [0, 0.05) is 19.1 Å². The SMILES string of the molecule is Cc1ccsc1C(=O)N1CCC(N)C1. The monoisotopic (exact) mass is 210 g/mol. The van der Waals surface area contributed by atoms with Gasteiger partial charge in [-0.05, 0) is 30.4 Å². The normalized spacial score (nSPS) is 21.6. The summed E-state index contributed by atoms with van der Waals surface area (Å²) in [5.41, 5.74) is 6.83. The minimum absolute atomic E-state index is 0.144. The summed E-state index contributed by atoms with van der Waals surface area (Å²) in [6.07, 6.45) is 0.927. The molecule has 4 heteroatoms. The van der Waals surface area contributed by atoms with Gasteiger partial charge in [0.05, 0.1) is 4.88 Å². The van der Waals surface area contributed by atoms with E-state index in [0.29, 0.717) is 6.54 Å². The van der Waals surface area contributed by atoms with Crippen LogP contribution in [0, 0.1) is 6.92 Å². The Morgan fingerprint density at radius 2 is 2.50 bits per heavy atom. The van der Waals surface area contributed by atoms with Crippen LogP contribution in [0.2, 0.25) is 0 Å². The Labute approximate surface area is 87.5 Å². The second kappa shape index (κ2) is 3.71. The van der Waals surface area contributed by atoms with E-state index in [1.165, 1.54) is 11.3 Å². The predicted molar refractivity (Wildman–Crippen MR) is 57.6 cm³/mol. The van der Waals surface area contributed by atoms with Gasteiger partial charge in [-0.2, -0.15) is 0 Å². The summed E-state index contributed by atoms with van der Waals surface area (Å²) in [6, 6.07) is 2.15. The minimum atomic E-state index is 0.144. The maximum atomic E-state index is 12.0. The standard InChI is InChI=1S/C10H14N2OS/c1-7-3-5-14-9(7)10(13)12-4-2-8(11)6-12/h3,5,8H,2,4,6,11H2,1H3. The van der Waals surface area contributed by atoms with Gasteiger partial charge < -0.3 is 10.6 Å². The van der Waals surface area contributed by atoms with Crippen LogP contribution in [0.1, 0.15) is 21.7 Å². The van der Waals surface area contributed by atoms with E-state index in [-0.39, 0.29) is 11.9 Å². The van der Waals surface area contributed by atoms with Crippen molar-refractivity contribution in [3.63, 3.8) is 0 Å². The lowest BCUT2D eigenvalue weighted by atomic mass is 10.3. The van der Waals surface area contributed by atoms with Gasteiger partial charge in [0.2, 0.25) is 0 Å². The van der Waals surface area contributed by atoms with Crippen molar-refractivity contribution < 1.29 is 4.79 Å². The highest BCUT2D eigenvalue weighted by Gasteiger charge is 2.25. The van der Waals surface area contributed by atoms with Crippen LogP contribution in [0.15, 0.2) is 11.4 Å². The number of rotatable bonds is 1. The highest BCUT2D eigenvalue weighted by Crippen LogP contribution is 2.20. The van der Waals surface area contributed by atoms with E-state index < -0.39 is 0 Å². The molecule has 0 radical (unpaired) electrons. The molecular formula is C10H14N2OS. The quantitative estimate of drug-likeness (QED) is 0.757. The molecule has 1 saturated heterocycles. The number of nitrogens with two attached hydrogens (primary N) is 1. The van der Waals surface area contributed by atoms with Crippen LogP contribution in [-0.4, -0.2) is 29.9 Å². The molecule has 0 spiro atoms. The zero-order valence-corrected chi connectivity index (χ0v) is 9.01. The zero-order chi connectivity index (χ0) is 10.1. The molecular weight excluding hydrogens is 196 g/mol. The van der Waals surface area contributed by atoms with Gasteiger partial charge in [-0.15, -0.1) is 11.3 Å². The highest BCUT2D eigenvalue weighted by molar-refractivity contribution is 7.12. The van der Waals surface area contributed by atoms with Crippen molar-refractivity contribution in [2.24, 2.45) is 5.73 Å². The van der Waals surface area contributed by atoms with Crippen molar-refractivity contribution in [3.05, 3.63) is 21.9 Å². The Morgan fingerprint density at radius 3 is 3.00 bits per heavy atom. The maximum absolute atomic E-state index is 12.0. The van der Waals surface area contributed by atoms with Crippen LogP contribution in [-0.2, 0) is 0 Å². The molecule has 0 saturated carbocycles. The number of hydrogen-bond acceptors (Lipinski definition) is 3. The number of amides is 1. The van der Waals surface area contributed by atoms with Crippen LogP contribution < -0.4 is 5.73 Å². The fourth-order valence-corrected chi connectivity index (χ4v) is 2.60. The van der Waals surface area contributed by atoms with E-state index in [1.807, 2.05) is 23.3 Å². The lowest BCUT2D eigenvalue weighted by Crippen LogP contribution is -2.31. The number of carbonyl (C=O) groups excluding carboxylic acids is 1. The number of aryl methyl sites for hydroxylation is 1. The molecule has 2 rings (SSSR count). The summed E-state index contributed by atoms with van der Waals surface area (Å²) < 4.78 is 0. The van der Waals surface area contributed by atoms with Crippen molar-refractivity contribution in [1.82, 2.24) is 4.90 Å². The van der Waals surface area contributed by atoms with Crippen molar-refractivity contribution in [2.45, 2.75) is 19.4 Å². The molecule has 0 aromatic carbocycles. The first kappa shape index (κ1) is 9.68. The molecule has 1 aliphatic rings. The lowest BCUT2D eigenvalue weighted by Gasteiger charge is -2.14. The van der Waals surface area contributed by atoms with Gasteiger partial charge in [0.15, 0.2) is 0 Å². The minimum Gasteiger partial charge on any atom is -0.336 e. The predicted octanol–water partition coefficient (Wildman–Crippen LogP) is 1.23. The summed E-state index contributed by atoms with van der Waals surface area (Å²) in [4.78, 5) is 14.7. The van der Waals surface area contributed by atoms with Crippen molar-refractivity contribution in [3.8, 4) is 0 Å². The third-order valence-corrected chi connectivity index (χ3v) is 3.57. The summed E-state index contributed by atoms with van der Waals surface area (Å²) in [5, 5.41) is 1.96. The van der Waals surface area contributed by atoms with E-state index in [2.05, 4.69) is 0 Å². The van der Waals surface area contributed by atoms with Gasteiger partial charge in [0.25, 0.3) is 5.91 Å². The second-order valence-electron chi connectivity index (χ2n) is 3.73. The number of likely N-dealkylation sites (tertiary alicyclic amines) is 1. The summed E-state index contributed by atoms with van der Waals surface area (Å²) in [6.45, 7) is 3.48. The fraction of sp³-hybridized carbons (Fsp3) is 0.500. The first-order valence-corrected chi connectivity index (χ1v) is 5.65. The summed E-state index contributed by atoms with van der Waals surface area (Å²) >= 11 is 1.51. The average Bonchev–Trinajstić information content (AvgIpc) is 2.73. The Hall–Kier alpha value is -0.870. The third-order valence-electron chi connectivity index (χ3n) is 2.57. The van der Waals surface area contributed by atoms with E-state index in [0.717, 1.165) is 23.4 Å². The molecule has 14 heavy (non-hydrogen) atoms. The van der Waals surface area contributed by atoms with Crippen LogP contribution >= 0.6 is 11.3 Å². The summed E-state index contributed by atoms with van der Waals surface area (Å²) in [7, 11) is 0. The maximum Gasteiger partial charge on any atom is 0.264 e. The molecule has 0 aliphatic carbocycles. The molecule has 2 N–H and O–H groups in total. The van der Waals surface area contributed by atoms with E-state index in [1.54, 1.807) is 0 Å². The third kappa shape index (κ3) is 1.67. The molecule has 0 bridgehead atoms. The van der Waals surface area contributed by atoms with Gasteiger partial charge in [-0.1, -0.05) is 0 Å². The Kier molecular flexibility index (Phi) is 2.56. The summed E-state index contributed by atoms with van der Waals surface area (Å²) in [5.74, 6) is 0.144. The molecule has 1 amide bonds. The van der Waals surface area contributed by atoms with E-state index in [9.17, 15) is 4.79 Å². The Morgan fingerprint density at radius 1 is 1.71 bits per heavy atom. The van der Waals surface area contributed by atoms with Crippen LogP contribution in [0.3, 0.4) is 0 Å². The smallest absolute Gasteiger partial charge is 0.264 e. The van der Waals surface area contributed by atoms with Crippen molar-refractivity contribution in [2.75, 3.05) is 13.1 Å². The van der Waals surface area contributed by atoms with Crippen molar-refractivity contribution >= 4 is 17.2 Å². The van der Waals surface area contributed by atoms with Gasteiger partial charge in [-0.3, -0.25) is 4.79 Å². The van der Waals surface area contributed by atoms with Crippen molar-refractivity contribution in [1.29, 1.82) is 0 Å². The molecule has 1 unspecified atom stereocenters. The Balaban J connectivity index is 2.13. The Bertz CT molecular complexity index is 348. The molecule has 1 atom stereocenters. The molecule has 3 nitrogen and oxygen atoms in total. The number of carbonyl (C=O) groups is 1. The highest BCUT2D eigenvalue weighted by atomic mass is 32.1. The molecule has 1 aliphatic heterocycles. The first-order chi connectivity index (χ1) is 6.68. The van der Waals surface area contributed by atoms with Crippen LogP contribution in [0.25, 0.3) is 0 Å². The number of nitrogens with zero attached hydrogens (tertiary/aromatic N) is 1. The lowest BCUT2D eigenvalue weighted by molar-refractivity contribution is 0.0795. The van der Waals surface area contributed by atoms with Gasteiger partial charge in [0.1, 0.15) is 0 Å². The van der Waals surface area contributed by atoms with E-state index in [4.69, 9.17) is 5.73 Å². The number of hydrogen-bond donors (Lipinski definition) is 1. The second-order valence-corrected chi connectivity index (χ2v) is 4.65. The largest absolute Gasteiger partial charge is 0.336 e. The van der Waals surface area contributed by atoms with E-state index >= 15 is 0 Å². The zero-order valence-electron chi connectivity index (χ0n) is 8.19. The van der Waals surface area contributed by atoms with Gasteiger partial charge in [-0.25, -0.2) is 0 Å². The fourth-order valence-electron chi connectivity index (χ4n) is 1.71. The van der Waals surface area contributed by atoms with Crippen LogP contribution in [0.4, 0.5) is 0 Å². The molecule has 76 valence electrons. The molecule has 2 heterocycles. The first-order valence-electron chi connectivity index (χ1n) is 4.77.